The number of rotatable bonds is 4. The van der Waals surface area contributed by atoms with Crippen LogP contribution in [0.1, 0.15) is 37.7 Å². The largest absolute Gasteiger partial charge is 0.497 e. The first-order valence-electron chi connectivity index (χ1n) is 7.51. The average Bonchev–Trinajstić information content (AvgIpc) is 2.68. The van der Waals surface area contributed by atoms with Gasteiger partial charge in [-0.3, -0.25) is 0 Å². The van der Waals surface area contributed by atoms with Crippen LogP contribution in [0.15, 0.2) is 24.3 Å². The Morgan fingerprint density at radius 3 is 2.71 bits per heavy atom. The van der Waals surface area contributed by atoms with Crippen LogP contribution in [-0.2, 0) is 9.84 Å². The lowest BCUT2D eigenvalue weighted by Gasteiger charge is -2.41. The fourth-order valence-corrected chi connectivity index (χ4v) is 5.62. The topological polar surface area (TPSA) is 55.4 Å². The number of methoxy groups -OCH3 is 1. The molecule has 21 heavy (non-hydrogen) atoms. The van der Waals surface area contributed by atoms with Crippen LogP contribution in [0.5, 0.6) is 5.75 Å². The molecule has 1 aliphatic carbocycles. The molecule has 1 unspecified atom stereocenters. The Labute approximate surface area is 126 Å². The zero-order valence-electron chi connectivity index (χ0n) is 12.6. The first kappa shape index (κ1) is 14.9. The molecule has 0 radical (unpaired) electrons. The second kappa shape index (κ2) is 5.29. The summed E-state index contributed by atoms with van der Waals surface area (Å²) in [7, 11) is -1.15. The molecule has 0 aromatic heterocycles. The number of hydrogen-bond acceptors (Lipinski definition) is 4. The van der Waals surface area contributed by atoms with Crippen molar-refractivity contribution in [2.45, 2.75) is 43.7 Å². The fourth-order valence-electron chi connectivity index (χ4n) is 3.52. The van der Waals surface area contributed by atoms with Gasteiger partial charge in [-0.05, 0) is 49.8 Å². The van der Waals surface area contributed by atoms with E-state index in [0.717, 1.165) is 25.0 Å². The van der Waals surface area contributed by atoms with Gasteiger partial charge in [0.25, 0.3) is 0 Å². The second-order valence-corrected chi connectivity index (χ2v) is 8.87. The standard InChI is InChI=1S/C16H23NO3S/c1-16(6-7-21(18,19)11-16)17-14-8-13(9-14)12-4-3-5-15(10-12)20-2/h3-5,10,13-14,17H,6-9,11H2,1-2H3. The second-order valence-electron chi connectivity index (χ2n) is 6.69. The molecule has 0 bridgehead atoms. The van der Waals surface area contributed by atoms with Gasteiger partial charge in [-0.1, -0.05) is 12.1 Å². The zero-order chi connectivity index (χ0) is 15.1. The molecule has 2 aliphatic rings. The van der Waals surface area contributed by atoms with E-state index in [1.807, 2.05) is 19.1 Å². The first-order valence-corrected chi connectivity index (χ1v) is 9.33. The van der Waals surface area contributed by atoms with Crippen molar-refractivity contribution in [3.63, 3.8) is 0 Å². The zero-order valence-corrected chi connectivity index (χ0v) is 13.4. The third-order valence-corrected chi connectivity index (χ3v) is 6.66. The summed E-state index contributed by atoms with van der Waals surface area (Å²) in [6.45, 7) is 2.04. The summed E-state index contributed by atoms with van der Waals surface area (Å²) >= 11 is 0. The predicted octanol–water partition coefficient (Wildman–Crippen LogP) is 2.11. The molecule has 1 aromatic rings. The maximum absolute atomic E-state index is 11.6. The molecule has 116 valence electrons. The van der Waals surface area contributed by atoms with Gasteiger partial charge in [0.2, 0.25) is 0 Å². The van der Waals surface area contributed by atoms with Crippen molar-refractivity contribution in [1.29, 1.82) is 0 Å². The van der Waals surface area contributed by atoms with Gasteiger partial charge in [0.05, 0.1) is 18.6 Å². The minimum atomic E-state index is -2.84. The third-order valence-electron chi connectivity index (χ3n) is 4.76. The van der Waals surface area contributed by atoms with E-state index in [2.05, 4.69) is 17.4 Å². The molecule has 5 heteroatoms. The normalized spacial score (nSPS) is 34.4. The highest BCUT2D eigenvalue weighted by Gasteiger charge is 2.42. The van der Waals surface area contributed by atoms with E-state index in [1.54, 1.807) is 7.11 Å². The highest BCUT2D eigenvalue weighted by molar-refractivity contribution is 7.91. The highest BCUT2D eigenvalue weighted by atomic mass is 32.2. The molecule has 4 nitrogen and oxygen atoms in total. The Bertz CT molecular complexity index is 622. The average molecular weight is 309 g/mol. The molecule has 2 fully saturated rings. The van der Waals surface area contributed by atoms with Gasteiger partial charge in [-0.15, -0.1) is 0 Å². The Balaban J connectivity index is 1.56. The smallest absolute Gasteiger partial charge is 0.152 e. The van der Waals surface area contributed by atoms with Crippen molar-refractivity contribution in [2.75, 3.05) is 18.6 Å². The minimum absolute atomic E-state index is 0.233. The molecule has 1 N–H and O–H groups in total. The van der Waals surface area contributed by atoms with Crippen LogP contribution in [0, 0.1) is 0 Å². The summed E-state index contributed by atoms with van der Waals surface area (Å²) in [6, 6.07) is 8.66. The van der Waals surface area contributed by atoms with Crippen molar-refractivity contribution in [3.05, 3.63) is 29.8 Å². The summed E-state index contributed by atoms with van der Waals surface area (Å²) in [5.41, 5.74) is 1.08. The number of benzene rings is 1. The van der Waals surface area contributed by atoms with Gasteiger partial charge < -0.3 is 10.1 Å². The van der Waals surface area contributed by atoms with Crippen molar-refractivity contribution in [2.24, 2.45) is 0 Å². The quantitative estimate of drug-likeness (QED) is 0.925. The van der Waals surface area contributed by atoms with E-state index in [4.69, 9.17) is 4.74 Å². The monoisotopic (exact) mass is 309 g/mol. The van der Waals surface area contributed by atoms with E-state index < -0.39 is 9.84 Å². The van der Waals surface area contributed by atoms with Crippen LogP contribution < -0.4 is 10.1 Å². The third kappa shape index (κ3) is 3.24. The van der Waals surface area contributed by atoms with Gasteiger partial charge in [0, 0.05) is 11.6 Å². The van der Waals surface area contributed by atoms with E-state index in [-0.39, 0.29) is 11.3 Å². The maximum atomic E-state index is 11.6. The molecular weight excluding hydrogens is 286 g/mol. The fraction of sp³-hybridized carbons (Fsp3) is 0.625. The molecule has 1 aromatic carbocycles. The van der Waals surface area contributed by atoms with Crippen LogP contribution in [0.4, 0.5) is 0 Å². The summed E-state index contributed by atoms with van der Waals surface area (Å²) in [6.07, 6.45) is 2.88. The number of hydrogen-bond donors (Lipinski definition) is 1. The molecule has 1 aliphatic heterocycles. The van der Waals surface area contributed by atoms with Crippen LogP contribution >= 0.6 is 0 Å². The number of sulfone groups is 1. The number of ether oxygens (including phenoxy) is 1. The first-order chi connectivity index (χ1) is 9.89. The van der Waals surface area contributed by atoms with Gasteiger partial charge >= 0.3 is 0 Å². The van der Waals surface area contributed by atoms with Crippen molar-refractivity contribution in [1.82, 2.24) is 5.32 Å². The molecule has 1 heterocycles. The lowest BCUT2D eigenvalue weighted by atomic mass is 9.75. The lowest BCUT2D eigenvalue weighted by molar-refractivity contribution is 0.227. The van der Waals surface area contributed by atoms with Gasteiger partial charge in [-0.2, -0.15) is 0 Å². The minimum Gasteiger partial charge on any atom is -0.497 e. The molecule has 1 saturated heterocycles. The Kier molecular flexibility index (Phi) is 3.74. The van der Waals surface area contributed by atoms with E-state index in [9.17, 15) is 8.42 Å². The summed E-state index contributed by atoms with van der Waals surface area (Å²) < 4.78 is 28.5. The van der Waals surface area contributed by atoms with Crippen LogP contribution in [-0.4, -0.2) is 38.6 Å². The lowest BCUT2D eigenvalue weighted by Crippen LogP contribution is -2.53. The Morgan fingerprint density at radius 2 is 2.10 bits per heavy atom. The van der Waals surface area contributed by atoms with Gasteiger partial charge in [-0.25, -0.2) is 8.42 Å². The molecular formula is C16H23NO3S. The Hall–Kier alpha value is -1.07. The molecule has 1 saturated carbocycles. The van der Waals surface area contributed by atoms with E-state index in [1.165, 1.54) is 5.56 Å². The van der Waals surface area contributed by atoms with Crippen molar-refractivity contribution in [3.8, 4) is 5.75 Å². The van der Waals surface area contributed by atoms with Gasteiger partial charge in [0.15, 0.2) is 9.84 Å². The van der Waals surface area contributed by atoms with Crippen molar-refractivity contribution < 1.29 is 13.2 Å². The van der Waals surface area contributed by atoms with E-state index in [0.29, 0.717) is 17.7 Å². The van der Waals surface area contributed by atoms with E-state index >= 15 is 0 Å². The highest BCUT2D eigenvalue weighted by Crippen LogP contribution is 2.39. The van der Waals surface area contributed by atoms with Crippen molar-refractivity contribution >= 4 is 9.84 Å². The summed E-state index contributed by atoms with van der Waals surface area (Å²) in [5.74, 6) is 2.06. The Morgan fingerprint density at radius 1 is 1.33 bits per heavy atom. The maximum Gasteiger partial charge on any atom is 0.152 e. The molecule has 3 rings (SSSR count). The predicted molar refractivity (Wildman–Crippen MR) is 83.6 cm³/mol. The summed E-state index contributed by atoms with van der Waals surface area (Å²) in [5, 5.41) is 3.57. The van der Waals surface area contributed by atoms with Crippen LogP contribution in [0.25, 0.3) is 0 Å². The van der Waals surface area contributed by atoms with Crippen LogP contribution in [0.2, 0.25) is 0 Å². The number of nitrogens with one attached hydrogen (secondary N) is 1. The molecule has 0 amide bonds. The van der Waals surface area contributed by atoms with Gasteiger partial charge in [0.1, 0.15) is 5.75 Å². The molecule has 0 spiro atoms. The molecule has 1 atom stereocenters. The SMILES string of the molecule is COc1cccc(C2CC(NC3(C)CCS(=O)(=O)C3)C2)c1. The van der Waals surface area contributed by atoms with Crippen LogP contribution in [0.3, 0.4) is 0 Å². The summed E-state index contributed by atoms with van der Waals surface area (Å²) in [4.78, 5) is 0.